The number of ether oxygens (including phenoxy) is 1. The van der Waals surface area contributed by atoms with Crippen LogP contribution in [-0.2, 0) is 23.0 Å². The summed E-state index contributed by atoms with van der Waals surface area (Å²) in [7, 11) is 1.79. The van der Waals surface area contributed by atoms with E-state index >= 15 is 0 Å². The van der Waals surface area contributed by atoms with Gasteiger partial charge in [-0.2, -0.15) is 5.10 Å². The van der Waals surface area contributed by atoms with Gasteiger partial charge in [0, 0.05) is 32.1 Å². The van der Waals surface area contributed by atoms with Crippen LogP contribution in [0.15, 0.2) is 30.6 Å². The Morgan fingerprint density at radius 3 is 3.04 bits per heavy atom. The Morgan fingerprint density at radius 2 is 2.38 bits per heavy atom. The first-order valence-corrected chi connectivity index (χ1v) is 8.02. The van der Waals surface area contributed by atoms with Gasteiger partial charge in [-0.3, -0.25) is 9.48 Å². The van der Waals surface area contributed by atoms with Crippen LogP contribution in [0.4, 0.5) is 15.8 Å². The molecule has 1 aromatic heterocycles. The van der Waals surface area contributed by atoms with Crippen LogP contribution >= 0.6 is 0 Å². The number of benzene rings is 1. The van der Waals surface area contributed by atoms with Crippen molar-refractivity contribution in [3.8, 4) is 0 Å². The lowest BCUT2D eigenvalue weighted by Gasteiger charge is -2.13. The third-order valence-electron chi connectivity index (χ3n) is 3.92. The first-order valence-electron chi connectivity index (χ1n) is 8.02. The molecule has 2 aromatic rings. The molecule has 3 rings (SSSR count). The number of aryl methyl sites for hydroxylation is 1. The molecule has 128 valence electrons. The highest BCUT2D eigenvalue weighted by Gasteiger charge is 2.16. The normalized spacial score (nSPS) is 17.0. The van der Waals surface area contributed by atoms with E-state index in [1.807, 2.05) is 0 Å². The third kappa shape index (κ3) is 4.32. The molecular weight excluding hydrogens is 311 g/mol. The standard InChI is InChI=1S/C17H21FN4O2/c1-22-11-12(9-20-22)7-17(23)21-13-4-5-16(15(18)8-13)19-10-14-3-2-6-24-14/h4-5,8-9,11,14,19H,2-3,6-7,10H2,1H3,(H,21,23)/t14-/m1/s1. The lowest BCUT2D eigenvalue weighted by atomic mass is 10.2. The zero-order valence-electron chi connectivity index (χ0n) is 13.6. The van der Waals surface area contributed by atoms with Crippen LogP contribution in [0.2, 0.25) is 0 Å². The van der Waals surface area contributed by atoms with Gasteiger partial charge in [-0.05, 0) is 36.6 Å². The highest BCUT2D eigenvalue weighted by atomic mass is 19.1. The topological polar surface area (TPSA) is 68.2 Å². The minimum absolute atomic E-state index is 0.142. The Labute approximate surface area is 140 Å². The predicted molar refractivity (Wildman–Crippen MR) is 89.4 cm³/mol. The fraction of sp³-hybridized carbons (Fsp3) is 0.412. The molecule has 7 heteroatoms. The van der Waals surface area contributed by atoms with E-state index < -0.39 is 5.82 Å². The Morgan fingerprint density at radius 1 is 1.50 bits per heavy atom. The Hall–Kier alpha value is -2.41. The molecule has 1 amide bonds. The van der Waals surface area contributed by atoms with Crippen LogP contribution in [0.5, 0.6) is 0 Å². The average Bonchev–Trinajstić information content (AvgIpc) is 3.18. The highest BCUT2D eigenvalue weighted by molar-refractivity contribution is 5.92. The number of carbonyl (C=O) groups excluding carboxylic acids is 1. The third-order valence-corrected chi connectivity index (χ3v) is 3.92. The largest absolute Gasteiger partial charge is 0.380 e. The van der Waals surface area contributed by atoms with E-state index in [-0.39, 0.29) is 18.4 Å². The lowest BCUT2D eigenvalue weighted by Crippen LogP contribution is -2.19. The predicted octanol–water partition coefficient (Wildman–Crippen LogP) is 2.33. The molecule has 0 radical (unpaired) electrons. The van der Waals surface area contributed by atoms with Gasteiger partial charge in [-0.1, -0.05) is 0 Å². The summed E-state index contributed by atoms with van der Waals surface area (Å²) in [6.07, 6.45) is 5.81. The molecule has 0 aliphatic carbocycles. The lowest BCUT2D eigenvalue weighted by molar-refractivity contribution is -0.115. The maximum Gasteiger partial charge on any atom is 0.228 e. The van der Waals surface area contributed by atoms with Gasteiger partial charge in [-0.25, -0.2) is 4.39 Å². The minimum Gasteiger partial charge on any atom is -0.380 e. The van der Waals surface area contributed by atoms with Crippen molar-refractivity contribution in [3.05, 3.63) is 42.0 Å². The minimum atomic E-state index is -0.396. The number of halogens is 1. The Bertz CT molecular complexity index is 710. The molecule has 0 unspecified atom stereocenters. The summed E-state index contributed by atoms with van der Waals surface area (Å²) >= 11 is 0. The maximum atomic E-state index is 14.1. The number of carbonyl (C=O) groups is 1. The van der Waals surface area contributed by atoms with Gasteiger partial charge in [0.05, 0.1) is 24.4 Å². The fourth-order valence-corrected chi connectivity index (χ4v) is 2.72. The van der Waals surface area contributed by atoms with Crippen molar-refractivity contribution in [2.24, 2.45) is 7.05 Å². The summed E-state index contributed by atoms with van der Waals surface area (Å²) in [5.41, 5.74) is 1.66. The number of nitrogens with zero attached hydrogens (tertiary/aromatic N) is 2. The number of aromatic nitrogens is 2. The van der Waals surface area contributed by atoms with Gasteiger partial charge in [0.15, 0.2) is 0 Å². The zero-order chi connectivity index (χ0) is 16.9. The molecule has 0 spiro atoms. The summed E-state index contributed by atoms with van der Waals surface area (Å²) in [5.74, 6) is -0.602. The highest BCUT2D eigenvalue weighted by Crippen LogP contribution is 2.20. The van der Waals surface area contributed by atoms with Gasteiger partial charge in [0.25, 0.3) is 0 Å². The van der Waals surface area contributed by atoms with Crippen LogP contribution in [-0.4, -0.2) is 34.9 Å². The van der Waals surface area contributed by atoms with E-state index in [1.165, 1.54) is 6.07 Å². The van der Waals surface area contributed by atoms with Gasteiger partial charge in [0.1, 0.15) is 5.82 Å². The Balaban J connectivity index is 1.54. The van der Waals surface area contributed by atoms with Crippen LogP contribution in [0, 0.1) is 5.82 Å². The van der Waals surface area contributed by atoms with Crippen molar-refractivity contribution < 1.29 is 13.9 Å². The molecule has 1 fully saturated rings. The maximum absolute atomic E-state index is 14.1. The van der Waals surface area contributed by atoms with Gasteiger partial charge in [-0.15, -0.1) is 0 Å². The van der Waals surface area contributed by atoms with E-state index in [1.54, 1.807) is 36.3 Å². The van der Waals surface area contributed by atoms with Crippen LogP contribution in [0.1, 0.15) is 18.4 Å². The number of nitrogens with one attached hydrogen (secondary N) is 2. The van der Waals surface area contributed by atoms with Crippen molar-refractivity contribution >= 4 is 17.3 Å². The average molecular weight is 332 g/mol. The number of hydrogen-bond acceptors (Lipinski definition) is 4. The summed E-state index contributed by atoms with van der Waals surface area (Å²) < 4.78 is 21.3. The van der Waals surface area contributed by atoms with E-state index in [0.717, 1.165) is 25.0 Å². The van der Waals surface area contributed by atoms with Crippen molar-refractivity contribution in [3.63, 3.8) is 0 Å². The first kappa shape index (κ1) is 16.4. The number of hydrogen-bond donors (Lipinski definition) is 2. The molecule has 2 heterocycles. The number of anilines is 2. The molecule has 0 bridgehead atoms. The molecule has 0 saturated carbocycles. The van der Waals surface area contributed by atoms with Crippen LogP contribution < -0.4 is 10.6 Å². The Kier molecular flexibility index (Phi) is 5.10. The van der Waals surface area contributed by atoms with E-state index in [0.29, 0.717) is 17.9 Å². The molecule has 24 heavy (non-hydrogen) atoms. The number of rotatable bonds is 6. The molecule has 1 aliphatic rings. The molecule has 6 nitrogen and oxygen atoms in total. The van der Waals surface area contributed by atoms with Crippen molar-refractivity contribution in [2.45, 2.75) is 25.4 Å². The molecule has 1 aliphatic heterocycles. The van der Waals surface area contributed by atoms with Crippen molar-refractivity contribution in [1.82, 2.24) is 9.78 Å². The van der Waals surface area contributed by atoms with Crippen LogP contribution in [0.3, 0.4) is 0 Å². The van der Waals surface area contributed by atoms with Gasteiger partial charge < -0.3 is 15.4 Å². The van der Waals surface area contributed by atoms with E-state index in [2.05, 4.69) is 15.7 Å². The van der Waals surface area contributed by atoms with Crippen LogP contribution in [0.25, 0.3) is 0 Å². The summed E-state index contributed by atoms with van der Waals surface area (Å²) in [4.78, 5) is 12.0. The fourth-order valence-electron chi connectivity index (χ4n) is 2.72. The smallest absolute Gasteiger partial charge is 0.228 e. The second kappa shape index (κ2) is 7.44. The summed E-state index contributed by atoms with van der Waals surface area (Å²) in [6, 6.07) is 4.63. The first-order chi connectivity index (χ1) is 11.6. The second-order valence-corrected chi connectivity index (χ2v) is 5.96. The SMILES string of the molecule is Cn1cc(CC(=O)Nc2ccc(NC[C@H]3CCCO3)c(F)c2)cn1. The van der Waals surface area contributed by atoms with Crippen molar-refractivity contribution in [2.75, 3.05) is 23.8 Å². The molecule has 2 N–H and O–H groups in total. The van der Waals surface area contributed by atoms with Crippen molar-refractivity contribution in [1.29, 1.82) is 0 Å². The quantitative estimate of drug-likeness (QED) is 0.852. The van der Waals surface area contributed by atoms with E-state index in [4.69, 9.17) is 4.74 Å². The molecule has 1 atom stereocenters. The summed E-state index contributed by atoms with van der Waals surface area (Å²) in [5, 5.41) is 9.76. The zero-order valence-corrected chi connectivity index (χ0v) is 13.6. The van der Waals surface area contributed by atoms with E-state index in [9.17, 15) is 9.18 Å². The van der Waals surface area contributed by atoms with Gasteiger partial charge >= 0.3 is 0 Å². The summed E-state index contributed by atoms with van der Waals surface area (Å²) in [6.45, 7) is 1.36. The monoisotopic (exact) mass is 332 g/mol. The molecular formula is C17H21FN4O2. The van der Waals surface area contributed by atoms with Gasteiger partial charge in [0.2, 0.25) is 5.91 Å². The number of amides is 1. The molecule has 1 saturated heterocycles. The second-order valence-electron chi connectivity index (χ2n) is 5.96. The molecule has 1 aromatic carbocycles.